The highest BCUT2D eigenvalue weighted by Gasteiger charge is 2.18. The fourth-order valence-corrected chi connectivity index (χ4v) is 1.97. The molecule has 0 N–H and O–H groups in total. The average Bonchev–Trinajstić information content (AvgIpc) is 2.38. The minimum Gasteiger partial charge on any atom is -0.491 e. The summed E-state index contributed by atoms with van der Waals surface area (Å²) in [7, 11) is 0. The molecule has 0 saturated heterocycles. The van der Waals surface area contributed by atoms with Gasteiger partial charge in [-0.15, -0.1) is 0 Å². The van der Waals surface area contributed by atoms with Crippen LogP contribution in [0.5, 0.6) is 5.75 Å². The van der Waals surface area contributed by atoms with Gasteiger partial charge in [0.05, 0.1) is 12.7 Å². The van der Waals surface area contributed by atoms with Crippen LogP contribution < -0.4 is 4.74 Å². The minimum atomic E-state index is 0.243. The van der Waals surface area contributed by atoms with Crippen molar-refractivity contribution < 1.29 is 14.3 Å². The molecule has 17 heavy (non-hydrogen) atoms. The van der Waals surface area contributed by atoms with Gasteiger partial charge in [0.15, 0.2) is 0 Å². The van der Waals surface area contributed by atoms with Crippen molar-refractivity contribution in [3.8, 4) is 5.75 Å². The monoisotopic (exact) mass is 234 g/mol. The molecule has 1 aliphatic rings. The molecular formula is C14H18O3. The summed E-state index contributed by atoms with van der Waals surface area (Å²) in [5, 5.41) is 0. The first-order chi connectivity index (χ1) is 8.34. The maximum absolute atomic E-state index is 11.0. The van der Waals surface area contributed by atoms with E-state index in [-0.39, 0.29) is 6.10 Å². The third kappa shape index (κ3) is 4.19. The Kier molecular flexibility index (Phi) is 4.56. The Bertz CT molecular complexity index is 338. The van der Waals surface area contributed by atoms with Crippen LogP contribution in [0.2, 0.25) is 0 Å². The highest BCUT2D eigenvalue weighted by molar-refractivity contribution is 5.79. The quantitative estimate of drug-likeness (QED) is 0.735. The van der Waals surface area contributed by atoms with Crippen molar-refractivity contribution in [2.75, 3.05) is 13.2 Å². The normalized spacial score (nSPS) is 17.1. The van der Waals surface area contributed by atoms with E-state index in [1.807, 2.05) is 30.3 Å². The van der Waals surface area contributed by atoms with E-state index in [9.17, 15) is 4.79 Å². The molecule has 0 atom stereocenters. The van der Waals surface area contributed by atoms with Crippen LogP contribution in [0.25, 0.3) is 0 Å². The van der Waals surface area contributed by atoms with Crippen LogP contribution in [-0.2, 0) is 9.53 Å². The first kappa shape index (κ1) is 12.1. The minimum absolute atomic E-state index is 0.243. The van der Waals surface area contributed by atoms with Gasteiger partial charge in [-0.1, -0.05) is 18.2 Å². The Morgan fingerprint density at radius 3 is 2.47 bits per heavy atom. The van der Waals surface area contributed by atoms with Crippen molar-refractivity contribution in [2.45, 2.75) is 31.8 Å². The van der Waals surface area contributed by atoms with E-state index < -0.39 is 0 Å². The van der Waals surface area contributed by atoms with Gasteiger partial charge in [0, 0.05) is 12.8 Å². The molecular weight excluding hydrogens is 216 g/mol. The number of ketones is 1. The lowest BCUT2D eigenvalue weighted by Crippen LogP contribution is -2.23. The van der Waals surface area contributed by atoms with Gasteiger partial charge < -0.3 is 9.47 Å². The van der Waals surface area contributed by atoms with Crippen molar-refractivity contribution in [3.05, 3.63) is 30.3 Å². The molecule has 2 rings (SSSR count). The lowest BCUT2D eigenvalue weighted by Gasteiger charge is -2.21. The summed E-state index contributed by atoms with van der Waals surface area (Å²) in [5.41, 5.74) is 0. The lowest BCUT2D eigenvalue weighted by atomic mass is 9.97. The standard InChI is InChI=1S/C14H18O3/c15-12-6-8-14(9-7-12)17-11-10-16-13-4-2-1-3-5-13/h1-5,14H,6-11H2. The molecule has 1 fully saturated rings. The van der Waals surface area contributed by atoms with Gasteiger partial charge in [0.25, 0.3) is 0 Å². The Morgan fingerprint density at radius 1 is 1.06 bits per heavy atom. The molecule has 0 spiro atoms. The van der Waals surface area contributed by atoms with Gasteiger partial charge in [-0.3, -0.25) is 4.79 Å². The number of hydrogen-bond acceptors (Lipinski definition) is 3. The first-order valence-electron chi connectivity index (χ1n) is 6.16. The van der Waals surface area contributed by atoms with Crippen molar-refractivity contribution in [3.63, 3.8) is 0 Å². The SMILES string of the molecule is O=C1CCC(OCCOc2ccccc2)CC1. The fraction of sp³-hybridized carbons (Fsp3) is 0.500. The van der Waals surface area contributed by atoms with E-state index in [0.29, 0.717) is 31.8 Å². The average molecular weight is 234 g/mol. The Balaban J connectivity index is 1.59. The summed E-state index contributed by atoms with van der Waals surface area (Å²) >= 11 is 0. The second-order valence-corrected chi connectivity index (χ2v) is 4.27. The van der Waals surface area contributed by atoms with Crippen LogP contribution in [0.4, 0.5) is 0 Å². The first-order valence-corrected chi connectivity index (χ1v) is 6.16. The Morgan fingerprint density at radius 2 is 1.76 bits per heavy atom. The van der Waals surface area contributed by atoms with E-state index in [2.05, 4.69) is 0 Å². The van der Waals surface area contributed by atoms with Crippen molar-refractivity contribution in [1.82, 2.24) is 0 Å². The number of carbonyl (C=O) groups is 1. The van der Waals surface area contributed by atoms with Crippen molar-refractivity contribution >= 4 is 5.78 Å². The highest BCUT2D eigenvalue weighted by atomic mass is 16.5. The summed E-state index contributed by atoms with van der Waals surface area (Å²) in [5.74, 6) is 1.24. The van der Waals surface area contributed by atoms with Crippen LogP contribution in [0, 0.1) is 0 Å². The second kappa shape index (κ2) is 6.40. The number of benzene rings is 1. The highest BCUT2D eigenvalue weighted by Crippen LogP contribution is 2.17. The zero-order chi connectivity index (χ0) is 11.9. The van der Waals surface area contributed by atoms with E-state index >= 15 is 0 Å². The van der Waals surface area contributed by atoms with E-state index in [4.69, 9.17) is 9.47 Å². The maximum Gasteiger partial charge on any atom is 0.133 e. The molecule has 0 heterocycles. The summed E-state index contributed by atoms with van der Waals surface area (Å²) < 4.78 is 11.2. The Labute approximate surface area is 102 Å². The number of ether oxygens (including phenoxy) is 2. The van der Waals surface area contributed by atoms with E-state index in [1.54, 1.807) is 0 Å². The number of carbonyl (C=O) groups excluding carboxylic acids is 1. The summed E-state index contributed by atoms with van der Waals surface area (Å²) in [4.78, 5) is 11.0. The molecule has 1 aromatic carbocycles. The number of rotatable bonds is 5. The van der Waals surface area contributed by atoms with Crippen LogP contribution >= 0.6 is 0 Å². The number of para-hydroxylation sites is 1. The Hall–Kier alpha value is -1.35. The van der Waals surface area contributed by atoms with Gasteiger partial charge in [-0.05, 0) is 25.0 Å². The molecule has 0 bridgehead atoms. The molecule has 0 aliphatic heterocycles. The molecule has 1 aromatic rings. The van der Waals surface area contributed by atoms with Crippen LogP contribution in [-0.4, -0.2) is 25.1 Å². The molecule has 0 unspecified atom stereocenters. The van der Waals surface area contributed by atoms with Crippen molar-refractivity contribution in [1.29, 1.82) is 0 Å². The predicted molar refractivity (Wildman–Crippen MR) is 65.2 cm³/mol. The van der Waals surface area contributed by atoms with Gasteiger partial charge >= 0.3 is 0 Å². The van der Waals surface area contributed by atoms with E-state index in [0.717, 1.165) is 18.6 Å². The molecule has 1 saturated carbocycles. The van der Waals surface area contributed by atoms with Gasteiger partial charge in [-0.2, -0.15) is 0 Å². The lowest BCUT2D eigenvalue weighted by molar-refractivity contribution is -0.123. The third-order valence-electron chi connectivity index (χ3n) is 2.94. The molecule has 0 amide bonds. The number of hydrogen-bond donors (Lipinski definition) is 0. The van der Waals surface area contributed by atoms with Crippen LogP contribution in [0.3, 0.4) is 0 Å². The van der Waals surface area contributed by atoms with Gasteiger partial charge in [0.2, 0.25) is 0 Å². The molecule has 1 aliphatic carbocycles. The van der Waals surface area contributed by atoms with Crippen molar-refractivity contribution in [2.24, 2.45) is 0 Å². The predicted octanol–water partition coefficient (Wildman–Crippen LogP) is 2.59. The molecule has 3 heteroatoms. The molecule has 0 radical (unpaired) electrons. The van der Waals surface area contributed by atoms with Gasteiger partial charge in [0.1, 0.15) is 18.1 Å². The zero-order valence-electron chi connectivity index (χ0n) is 9.93. The topological polar surface area (TPSA) is 35.5 Å². The van der Waals surface area contributed by atoms with Crippen LogP contribution in [0.15, 0.2) is 30.3 Å². The molecule has 3 nitrogen and oxygen atoms in total. The maximum atomic E-state index is 11.0. The largest absolute Gasteiger partial charge is 0.491 e. The second-order valence-electron chi connectivity index (χ2n) is 4.27. The zero-order valence-corrected chi connectivity index (χ0v) is 9.93. The molecule has 92 valence electrons. The third-order valence-corrected chi connectivity index (χ3v) is 2.94. The van der Waals surface area contributed by atoms with Gasteiger partial charge in [-0.25, -0.2) is 0 Å². The smallest absolute Gasteiger partial charge is 0.133 e. The summed E-state index contributed by atoms with van der Waals surface area (Å²) in [6, 6.07) is 9.72. The summed E-state index contributed by atoms with van der Waals surface area (Å²) in [6.45, 7) is 1.15. The van der Waals surface area contributed by atoms with E-state index in [1.165, 1.54) is 0 Å². The summed E-state index contributed by atoms with van der Waals surface area (Å²) in [6.07, 6.45) is 3.31. The fourth-order valence-electron chi connectivity index (χ4n) is 1.97. The molecule has 0 aromatic heterocycles. The van der Waals surface area contributed by atoms with Crippen LogP contribution in [0.1, 0.15) is 25.7 Å². The number of Topliss-reactive ketones (excluding diaryl/α,β-unsaturated/α-hetero) is 1.